The van der Waals surface area contributed by atoms with Crippen molar-refractivity contribution in [1.29, 1.82) is 0 Å². The maximum Gasteiger partial charge on any atom is 0.122 e. The summed E-state index contributed by atoms with van der Waals surface area (Å²) < 4.78 is 12.4. The van der Waals surface area contributed by atoms with Crippen LogP contribution in [-0.2, 0) is 25.7 Å². The van der Waals surface area contributed by atoms with Gasteiger partial charge in [-0.3, -0.25) is 0 Å². The molecule has 0 amide bonds. The van der Waals surface area contributed by atoms with Crippen LogP contribution in [0.1, 0.15) is 67.0 Å². The molecule has 0 radical (unpaired) electrons. The van der Waals surface area contributed by atoms with Crippen molar-refractivity contribution in [1.82, 2.24) is 0 Å². The van der Waals surface area contributed by atoms with Crippen molar-refractivity contribution in [2.24, 2.45) is 0 Å². The summed E-state index contributed by atoms with van der Waals surface area (Å²) in [6, 6.07) is 9.28. The van der Waals surface area contributed by atoms with Crippen molar-refractivity contribution in [2.75, 3.05) is 18.6 Å². The summed E-state index contributed by atoms with van der Waals surface area (Å²) in [7, 11) is 3.55. The zero-order chi connectivity index (χ0) is 20.0. The average molecular weight is 480 g/mol. The monoisotopic (exact) mass is 480 g/mol. The first kappa shape index (κ1) is 22.1. The molecule has 0 aliphatic rings. The van der Waals surface area contributed by atoms with Gasteiger partial charge in [0.15, 0.2) is 0 Å². The van der Waals surface area contributed by atoms with Crippen LogP contribution < -0.4 is 9.47 Å². The van der Waals surface area contributed by atoms with E-state index in [4.69, 9.17) is 9.47 Å². The van der Waals surface area contributed by atoms with Crippen molar-refractivity contribution in [3.05, 3.63) is 57.6 Å². The summed E-state index contributed by atoms with van der Waals surface area (Å²) in [6.45, 7) is 8.87. The van der Waals surface area contributed by atoms with Gasteiger partial charge in [-0.25, -0.2) is 0 Å². The molecule has 2 nitrogen and oxygen atoms in total. The number of methoxy groups -OCH3 is 2. The van der Waals surface area contributed by atoms with Crippen LogP contribution in [0.5, 0.6) is 11.5 Å². The molecule has 0 aromatic heterocycles. The van der Waals surface area contributed by atoms with Crippen molar-refractivity contribution >= 4 is 22.6 Å². The summed E-state index contributed by atoms with van der Waals surface area (Å²) in [5, 5.41) is 0. The summed E-state index contributed by atoms with van der Waals surface area (Å²) >= 11 is 2.54. The lowest BCUT2D eigenvalue weighted by atomic mass is 9.83. The van der Waals surface area contributed by atoms with Crippen LogP contribution in [0.4, 0.5) is 0 Å². The van der Waals surface area contributed by atoms with Gasteiger partial charge in [-0.2, -0.15) is 0 Å². The van der Waals surface area contributed by atoms with Crippen LogP contribution in [-0.4, -0.2) is 18.6 Å². The van der Waals surface area contributed by atoms with E-state index >= 15 is 0 Å². The van der Waals surface area contributed by atoms with Gasteiger partial charge in [-0.15, -0.1) is 0 Å². The minimum Gasteiger partial charge on any atom is -0.496 e. The number of rotatable bonds is 9. The Morgan fingerprint density at radius 1 is 0.667 bits per heavy atom. The van der Waals surface area contributed by atoms with Crippen LogP contribution in [0.25, 0.3) is 0 Å². The molecule has 2 aromatic carbocycles. The van der Waals surface area contributed by atoms with Crippen LogP contribution in [0, 0.1) is 0 Å². The fraction of sp³-hybridized carbons (Fsp3) is 0.500. The van der Waals surface area contributed by atoms with Gasteiger partial charge < -0.3 is 9.47 Å². The smallest absolute Gasteiger partial charge is 0.122 e. The van der Waals surface area contributed by atoms with Crippen molar-refractivity contribution in [3.8, 4) is 11.5 Å². The lowest BCUT2D eigenvalue weighted by molar-refractivity contribution is 0.409. The Kier molecular flexibility index (Phi) is 8.46. The van der Waals surface area contributed by atoms with Gasteiger partial charge in [0.2, 0.25) is 0 Å². The second-order valence-corrected chi connectivity index (χ2v) is 7.73. The lowest BCUT2D eigenvalue weighted by Gasteiger charge is -2.25. The minimum absolute atomic E-state index is 0.392. The first-order valence-electron chi connectivity index (χ1n) is 10.0. The third-order valence-electron chi connectivity index (χ3n) is 5.51. The van der Waals surface area contributed by atoms with Crippen molar-refractivity contribution in [2.45, 2.75) is 59.3 Å². The second kappa shape index (κ2) is 10.4. The van der Waals surface area contributed by atoms with Crippen LogP contribution in [0.3, 0.4) is 0 Å². The largest absolute Gasteiger partial charge is 0.496 e. The predicted octanol–water partition coefficient (Wildman–Crippen LogP) is 6.52. The maximum absolute atomic E-state index is 5.65. The molecule has 2 aromatic rings. The summed E-state index contributed by atoms with van der Waals surface area (Å²) in [6.07, 6.45) is 4.00. The number of ether oxygens (including phenoxy) is 2. The van der Waals surface area contributed by atoms with Crippen molar-refractivity contribution in [3.63, 3.8) is 0 Å². The highest BCUT2D eigenvalue weighted by molar-refractivity contribution is 14.1. The van der Waals surface area contributed by atoms with E-state index in [0.717, 1.165) is 41.6 Å². The third-order valence-corrected chi connectivity index (χ3v) is 6.39. The average Bonchev–Trinajstić information content (AvgIpc) is 2.73. The number of aryl methyl sites for hydroxylation is 4. The number of halogens is 1. The van der Waals surface area contributed by atoms with E-state index in [1.54, 1.807) is 14.2 Å². The molecule has 0 fully saturated rings. The molecule has 3 heteroatoms. The number of alkyl halides is 1. The Morgan fingerprint density at radius 3 is 1.30 bits per heavy atom. The van der Waals surface area contributed by atoms with E-state index in [-0.39, 0.29) is 0 Å². The van der Waals surface area contributed by atoms with Gasteiger partial charge in [-0.05, 0) is 71.2 Å². The fourth-order valence-electron chi connectivity index (χ4n) is 3.90. The van der Waals surface area contributed by atoms with Gasteiger partial charge in [0.05, 0.1) is 14.2 Å². The zero-order valence-corrected chi connectivity index (χ0v) is 19.8. The van der Waals surface area contributed by atoms with Gasteiger partial charge in [0.25, 0.3) is 0 Å². The molecule has 0 unspecified atom stereocenters. The van der Waals surface area contributed by atoms with E-state index in [9.17, 15) is 0 Å². The van der Waals surface area contributed by atoms with E-state index in [1.807, 2.05) is 0 Å². The Morgan fingerprint density at radius 2 is 1.04 bits per heavy atom. The van der Waals surface area contributed by atoms with Gasteiger partial charge in [0, 0.05) is 10.3 Å². The molecule has 0 N–H and O–H groups in total. The first-order valence-corrected chi connectivity index (χ1v) is 11.6. The highest BCUT2D eigenvalue weighted by Gasteiger charge is 2.22. The predicted molar refractivity (Wildman–Crippen MR) is 124 cm³/mol. The van der Waals surface area contributed by atoms with Crippen LogP contribution >= 0.6 is 22.6 Å². The molecule has 0 spiro atoms. The molecule has 0 bridgehead atoms. The van der Waals surface area contributed by atoms with E-state index in [0.29, 0.717) is 5.92 Å². The van der Waals surface area contributed by atoms with E-state index in [2.05, 4.69) is 74.6 Å². The van der Waals surface area contributed by atoms with Gasteiger partial charge in [-0.1, -0.05) is 62.4 Å². The Labute approximate surface area is 178 Å². The van der Waals surface area contributed by atoms with E-state index in [1.165, 1.54) is 33.4 Å². The number of hydrogen-bond acceptors (Lipinski definition) is 2. The fourth-order valence-corrected chi connectivity index (χ4v) is 4.85. The van der Waals surface area contributed by atoms with Crippen LogP contribution in [0.2, 0.25) is 0 Å². The molecule has 0 saturated carbocycles. The molecule has 27 heavy (non-hydrogen) atoms. The van der Waals surface area contributed by atoms with Gasteiger partial charge in [0.1, 0.15) is 11.5 Å². The minimum atomic E-state index is 0.392. The van der Waals surface area contributed by atoms with Crippen LogP contribution in [0.15, 0.2) is 24.3 Å². The molecule has 0 heterocycles. The zero-order valence-electron chi connectivity index (χ0n) is 17.6. The quantitative estimate of drug-likeness (QED) is 0.301. The number of benzene rings is 2. The molecule has 0 aliphatic carbocycles. The third kappa shape index (κ3) is 4.61. The first-order chi connectivity index (χ1) is 13.1. The Hall–Kier alpha value is -1.23. The Bertz CT molecular complexity index is 704. The summed E-state index contributed by atoms with van der Waals surface area (Å²) in [4.78, 5) is 0. The van der Waals surface area contributed by atoms with E-state index < -0.39 is 0 Å². The van der Waals surface area contributed by atoms with Crippen molar-refractivity contribution < 1.29 is 9.47 Å². The molecule has 0 atom stereocenters. The molecular weight excluding hydrogens is 447 g/mol. The topological polar surface area (TPSA) is 18.5 Å². The molecule has 148 valence electrons. The molecule has 2 rings (SSSR count). The highest BCUT2D eigenvalue weighted by atomic mass is 127. The maximum atomic E-state index is 5.65. The standard InChI is InChI=1S/C24H33IO2/c1-7-16-13-23(26-5)18(9-3)11-20(16)22(15-25)21-12-19(10-4)24(27-6)14-17(21)8-2/h11-14,22H,7-10,15H2,1-6H3. The Balaban J connectivity index is 2.69. The highest BCUT2D eigenvalue weighted by Crippen LogP contribution is 2.38. The lowest BCUT2D eigenvalue weighted by Crippen LogP contribution is -2.11. The summed E-state index contributed by atoms with van der Waals surface area (Å²) in [5.74, 6) is 2.43. The van der Waals surface area contributed by atoms with Gasteiger partial charge >= 0.3 is 0 Å². The second-order valence-electron chi connectivity index (χ2n) is 6.85. The SMILES string of the molecule is CCc1cc(C(CI)c2cc(CC)c(OC)cc2CC)c(CC)cc1OC. The normalized spacial score (nSPS) is 11.1. The summed E-state index contributed by atoms with van der Waals surface area (Å²) in [5.41, 5.74) is 8.27. The molecular formula is C24H33IO2. The molecule has 0 aliphatic heterocycles. The number of hydrogen-bond donors (Lipinski definition) is 0. The molecule has 0 saturated heterocycles.